The standard InChI is InChI=1S/C15H30N3O14P.H4P2/c1-16-6-4-2-3-5-14(20)17-7-8-18-15(21)12-9-11(19)13(23-12)10-22-24-25-26-27-28-29-30-31-32-33;1-2/h11-13,16,19H,2-10,33H2,1H3,(H,17,20)(H,18,21);1-2H2. The lowest BCUT2D eigenvalue weighted by Gasteiger charge is -2.14. The molecule has 208 valence electrons. The predicted molar refractivity (Wildman–Crippen MR) is 123 cm³/mol. The Bertz CT molecular complexity index is 531. The summed E-state index contributed by atoms with van der Waals surface area (Å²) in [5.41, 5.74) is 0. The van der Waals surface area contributed by atoms with Crippen LogP contribution in [0.25, 0.3) is 0 Å². The quantitative estimate of drug-likeness (QED) is 0.0586. The van der Waals surface area contributed by atoms with Gasteiger partial charge in [-0.1, -0.05) is 6.42 Å². The summed E-state index contributed by atoms with van der Waals surface area (Å²) in [6.07, 6.45) is 0.540. The SMILES string of the molecule is CNCCCCCC(=O)NCCNC(=O)C1CC(O)C(COOOOOOOOOOP)O1.PP. The van der Waals surface area contributed by atoms with Crippen LogP contribution in [-0.2, 0) is 64.2 Å². The van der Waals surface area contributed by atoms with Gasteiger partial charge in [0.2, 0.25) is 11.8 Å². The molecular weight excluding hydrogens is 539 g/mol. The monoisotopic (exact) mass is 573 g/mol. The highest BCUT2D eigenvalue weighted by Crippen LogP contribution is 2.21. The summed E-state index contributed by atoms with van der Waals surface area (Å²) in [4.78, 5) is 28.4. The smallest absolute Gasteiger partial charge is 0.249 e. The number of hydrogen-bond donors (Lipinski definition) is 4. The van der Waals surface area contributed by atoms with Crippen LogP contribution in [-0.4, -0.2) is 68.5 Å². The third kappa shape index (κ3) is 19.5. The largest absolute Gasteiger partial charge is 0.390 e. The van der Waals surface area contributed by atoms with E-state index in [0.717, 1.165) is 25.8 Å². The molecule has 0 bridgehead atoms. The second kappa shape index (κ2) is 25.4. The number of nitrogens with one attached hydrogen (secondary N) is 3. The number of amides is 2. The molecule has 0 aromatic heterocycles. The number of carbonyl (C=O) groups is 2. The van der Waals surface area contributed by atoms with E-state index in [9.17, 15) is 14.7 Å². The molecule has 1 aliphatic rings. The van der Waals surface area contributed by atoms with Crippen LogP contribution in [0.5, 0.6) is 0 Å². The minimum absolute atomic E-state index is 0.0482. The van der Waals surface area contributed by atoms with Gasteiger partial charge in [-0.2, -0.15) is 4.67 Å². The van der Waals surface area contributed by atoms with Crippen molar-refractivity contribution < 1.29 is 69.3 Å². The van der Waals surface area contributed by atoms with Gasteiger partial charge in [-0.15, -0.1) is 17.9 Å². The van der Waals surface area contributed by atoms with Crippen molar-refractivity contribution in [1.29, 1.82) is 0 Å². The molecule has 17 nitrogen and oxygen atoms in total. The van der Waals surface area contributed by atoms with Crippen LogP contribution < -0.4 is 16.0 Å². The Morgan fingerprint density at radius 1 is 0.914 bits per heavy atom. The van der Waals surface area contributed by atoms with E-state index in [0.29, 0.717) is 6.42 Å². The van der Waals surface area contributed by atoms with Crippen LogP contribution in [0.1, 0.15) is 32.1 Å². The Hall–Kier alpha value is -0.290. The van der Waals surface area contributed by atoms with E-state index < -0.39 is 24.2 Å². The van der Waals surface area contributed by atoms with Crippen molar-refractivity contribution in [3.05, 3.63) is 0 Å². The van der Waals surface area contributed by atoms with Gasteiger partial charge in [-0.25, -0.2) is 4.89 Å². The summed E-state index contributed by atoms with van der Waals surface area (Å²) in [6.45, 7) is 1.13. The first-order valence-electron chi connectivity index (χ1n) is 10.3. The molecule has 0 radical (unpaired) electrons. The first-order chi connectivity index (χ1) is 17.1. The lowest BCUT2D eigenvalue weighted by atomic mass is 10.1. The molecule has 0 aromatic rings. The van der Waals surface area contributed by atoms with E-state index in [1.165, 1.54) is 0 Å². The highest BCUT2D eigenvalue weighted by molar-refractivity contribution is 7.92. The second-order valence-electron chi connectivity index (χ2n) is 6.45. The zero-order valence-electron chi connectivity index (χ0n) is 19.1. The minimum atomic E-state index is -0.989. The van der Waals surface area contributed by atoms with E-state index in [1.807, 2.05) is 7.05 Å². The summed E-state index contributed by atoms with van der Waals surface area (Å²) in [6, 6.07) is 0. The molecule has 0 aromatic carbocycles. The van der Waals surface area contributed by atoms with Crippen molar-refractivity contribution in [2.75, 3.05) is 33.3 Å². The van der Waals surface area contributed by atoms with Gasteiger partial charge in [0.25, 0.3) is 0 Å². The molecule has 0 saturated carbocycles. The Morgan fingerprint density at radius 3 is 2.20 bits per heavy atom. The summed E-state index contributed by atoms with van der Waals surface area (Å²) in [5.74, 6) is -0.496. The van der Waals surface area contributed by atoms with Crippen molar-refractivity contribution in [3.63, 3.8) is 0 Å². The Balaban J connectivity index is 0.00000562. The van der Waals surface area contributed by atoms with Crippen molar-refractivity contribution in [2.24, 2.45) is 0 Å². The molecule has 6 atom stereocenters. The molecule has 2 amide bonds. The molecule has 1 aliphatic heterocycles. The first kappa shape index (κ1) is 34.7. The highest BCUT2D eigenvalue weighted by atomic mass is 32.0. The second-order valence-corrected chi connectivity index (χ2v) is 6.64. The number of ether oxygens (including phenoxy) is 1. The normalized spacial score (nSPS) is 19.2. The lowest BCUT2D eigenvalue weighted by Crippen LogP contribution is -2.40. The maximum atomic E-state index is 12.1. The molecule has 1 fully saturated rings. The van der Waals surface area contributed by atoms with Gasteiger partial charge in [-0.3, -0.25) is 9.59 Å². The van der Waals surface area contributed by atoms with E-state index >= 15 is 0 Å². The maximum Gasteiger partial charge on any atom is 0.249 e. The first-order valence-corrected chi connectivity index (χ1v) is 13.4. The minimum Gasteiger partial charge on any atom is -0.390 e. The van der Waals surface area contributed by atoms with E-state index in [2.05, 4.69) is 83.7 Å². The summed E-state index contributed by atoms with van der Waals surface area (Å²) in [7, 11) is 8.23. The van der Waals surface area contributed by atoms with Crippen LogP contribution in [0.3, 0.4) is 0 Å². The van der Waals surface area contributed by atoms with Gasteiger partial charge in [0.05, 0.1) is 6.10 Å². The maximum absolute atomic E-state index is 12.1. The molecule has 0 spiro atoms. The van der Waals surface area contributed by atoms with E-state index in [1.54, 1.807) is 9.47 Å². The molecular formula is C15H34N3O14P3. The number of aliphatic hydroxyl groups is 1. The fourth-order valence-electron chi connectivity index (χ4n) is 2.60. The van der Waals surface area contributed by atoms with E-state index in [-0.39, 0.29) is 32.0 Å². The van der Waals surface area contributed by atoms with Crippen LogP contribution in [0, 0.1) is 0 Å². The van der Waals surface area contributed by atoms with E-state index in [4.69, 9.17) is 4.74 Å². The van der Waals surface area contributed by atoms with Gasteiger partial charge < -0.3 is 25.8 Å². The van der Waals surface area contributed by atoms with Crippen LogP contribution in [0.4, 0.5) is 0 Å². The Labute approximate surface area is 208 Å². The average Bonchev–Trinajstić information content (AvgIpc) is 3.24. The van der Waals surface area contributed by atoms with Gasteiger partial charge >= 0.3 is 0 Å². The molecule has 0 aliphatic carbocycles. The zero-order chi connectivity index (χ0) is 26.2. The number of unbranched alkanes of at least 4 members (excludes halogenated alkanes) is 2. The average molecular weight is 573 g/mol. The van der Waals surface area contributed by atoms with Crippen molar-refractivity contribution in [3.8, 4) is 0 Å². The van der Waals surface area contributed by atoms with Crippen molar-refractivity contribution in [2.45, 2.75) is 50.4 Å². The summed E-state index contributed by atoms with van der Waals surface area (Å²) in [5, 5.41) is 48.7. The van der Waals surface area contributed by atoms with Gasteiger partial charge in [0, 0.05) is 35.4 Å². The predicted octanol–water partition coefficient (Wildman–Crippen LogP) is -0.640. The molecule has 1 saturated heterocycles. The topological polar surface area (TPSA) is 192 Å². The fourth-order valence-corrected chi connectivity index (χ4v) is 2.63. The van der Waals surface area contributed by atoms with Crippen LogP contribution in [0.2, 0.25) is 0 Å². The number of hydrogen-bond acceptors (Lipinski definition) is 15. The van der Waals surface area contributed by atoms with Crippen molar-refractivity contribution >= 4 is 39.1 Å². The number of rotatable bonds is 21. The highest BCUT2D eigenvalue weighted by Gasteiger charge is 2.38. The number of carbonyl (C=O) groups excluding carboxylic acids is 2. The zero-order valence-corrected chi connectivity index (χ0v) is 22.5. The molecule has 6 unspecified atom stereocenters. The Morgan fingerprint density at radius 2 is 1.54 bits per heavy atom. The van der Waals surface area contributed by atoms with Crippen LogP contribution in [0.15, 0.2) is 0 Å². The Kier molecular flexibility index (Phi) is 25.2. The van der Waals surface area contributed by atoms with Gasteiger partial charge in [0.1, 0.15) is 18.8 Å². The number of aliphatic hydroxyl groups excluding tert-OH is 1. The van der Waals surface area contributed by atoms with Gasteiger partial charge in [-0.05, 0) is 66.7 Å². The molecule has 20 heteroatoms. The third-order valence-corrected chi connectivity index (χ3v) is 4.19. The lowest BCUT2D eigenvalue weighted by molar-refractivity contribution is -0.841. The summed E-state index contributed by atoms with van der Waals surface area (Å²) < 4.78 is 9.28. The summed E-state index contributed by atoms with van der Waals surface area (Å²) >= 11 is 0. The van der Waals surface area contributed by atoms with Crippen LogP contribution >= 0.6 is 27.3 Å². The van der Waals surface area contributed by atoms with Crippen molar-refractivity contribution in [1.82, 2.24) is 16.0 Å². The molecule has 1 heterocycles. The molecule has 4 N–H and O–H groups in total. The molecule has 1 rings (SSSR count). The van der Waals surface area contributed by atoms with Gasteiger partial charge in [0.15, 0.2) is 0 Å². The molecule has 35 heavy (non-hydrogen) atoms. The third-order valence-electron chi connectivity index (χ3n) is 4.11. The fraction of sp³-hybridized carbons (Fsp3) is 0.867.